The topological polar surface area (TPSA) is 117 Å². The lowest BCUT2D eigenvalue weighted by Gasteiger charge is -2.22. The van der Waals surface area contributed by atoms with Crippen LogP contribution < -0.4 is 5.32 Å². The molecule has 1 aromatic heterocycles. The summed E-state index contributed by atoms with van der Waals surface area (Å²) in [5, 5.41) is 10.8. The van der Waals surface area contributed by atoms with Gasteiger partial charge in [-0.15, -0.1) is 0 Å². The molecule has 1 aromatic rings. The summed E-state index contributed by atoms with van der Waals surface area (Å²) in [4.78, 5) is 22.4. The standard InChI is InChI=1S/C12H18N2O6S/c1-12(2,3)13-9(15)7-14(4)21(18,19)10-6-5-8(20-10)11(16)17/h5-6H,7H2,1-4H3,(H,13,15)(H,16,17). The zero-order valence-corrected chi connectivity index (χ0v) is 13.0. The van der Waals surface area contributed by atoms with E-state index in [2.05, 4.69) is 5.32 Å². The van der Waals surface area contributed by atoms with Crippen molar-refractivity contribution in [3.63, 3.8) is 0 Å². The number of carbonyl (C=O) groups excluding carboxylic acids is 1. The van der Waals surface area contributed by atoms with E-state index in [9.17, 15) is 18.0 Å². The highest BCUT2D eigenvalue weighted by atomic mass is 32.2. The number of amides is 1. The van der Waals surface area contributed by atoms with Gasteiger partial charge in [0.05, 0.1) is 6.54 Å². The first-order valence-electron chi connectivity index (χ1n) is 6.04. The Kier molecular flexibility index (Phi) is 4.79. The van der Waals surface area contributed by atoms with Gasteiger partial charge in [-0.1, -0.05) is 0 Å². The molecule has 8 nitrogen and oxygen atoms in total. The Morgan fingerprint density at radius 1 is 1.33 bits per heavy atom. The highest BCUT2D eigenvalue weighted by molar-refractivity contribution is 7.89. The van der Waals surface area contributed by atoms with Crippen LogP contribution in [0.15, 0.2) is 21.6 Å². The maximum absolute atomic E-state index is 12.1. The molecular formula is C12H18N2O6S. The van der Waals surface area contributed by atoms with Crippen molar-refractivity contribution in [2.24, 2.45) is 0 Å². The number of nitrogens with one attached hydrogen (secondary N) is 1. The highest BCUT2D eigenvalue weighted by Crippen LogP contribution is 2.17. The molecule has 118 valence electrons. The number of nitrogens with zero attached hydrogens (tertiary/aromatic N) is 1. The van der Waals surface area contributed by atoms with E-state index in [-0.39, 0.29) is 0 Å². The highest BCUT2D eigenvalue weighted by Gasteiger charge is 2.28. The van der Waals surface area contributed by atoms with Crippen LogP contribution in [-0.4, -0.2) is 48.8 Å². The number of carboxylic acids is 1. The molecule has 0 radical (unpaired) electrons. The number of aromatic carboxylic acids is 1. The van der Waals surface area contributed by atoms with Gasteiger partial charge in [-0.25, -0.2) is 13.2 Å². The number of hydrogen-bond acceptors (Lipinski definition) is 5. The molecule has 1 rings (SSSR count). The molecule has 21 heavy (non-hydrogen) atoms. The van der Waals surface area contributed by atoms with Crippen molar-refractivity contribution in [3.8, 4) is 0 Å². The third-order valence-electron chi connectivity index (χ3n) is 2.34. The van der Waals surface area contributed by atoms with Gasteiger partial charge in [0.25, 0.3) is 10.0 Å². The Hall–Kier alpha value is -1.87. The molecular weight excluding hydrogens is 300 g/mol. The fourth-order valence-corrected chi connectivity index (χ4v) is 2.50. The quantitative estimate of drug-likeness (QED) is 0.817. The minimum Gasteiger partial charge on any atom is -0.475 e. The van der Waals surface area contributed by atoms with Crippen LogP contribution in [0, 0.1) is 0 Å². The molecule has 0 saturated heterocycles. The van der Waals surface area contributed by atoms with Crippen molar-refractivity contribution in [1.82, 2.24) is 9.62 Å². The van der Waals surface area contributed by atoms with E-state index in [0.717, 1.165) is 16.4 Å². The number of furan rings is 1. The van der Waals surface area contributed by atoms with Crippen LogP contribution >= 0.6 is 0 Å². The zero-order chi connectivity index (χ0) is 16.4. The summed E-state index contributed by atoms with van der Waals surface area (Å²) in [6, 6.07) is 2.08. The van der Waals surface area contributed by atoms with Gasteiger partial charge in [0, 0.05) is 12.6 Å². The normalized spacial score (nSPS) is 12.4. The summed E-state index contributed by atoms with van der Waals surface area (Å²) in [7, 11) is -2.85. The molecule has 0 aliphatic carbocycles. The lowest BCUT2D eigenvalue weighted by atomic mass is 10.1. The lowest BCUT2D eigenvalue weighted by molar-refractivity contribution is -0.122. The van der Waals surface area contributed by atoms with Gasteiger partial charge in [0.1, 0.15) is 0 Å². The number of hydrogen-bond donors (Lipinski definition) is 2. The first-order valence-corrected chi connectivity index (χ1v) is 7.48. The summed E-state index contributed by atoms with van der Waals surface area (Å²) in [6.45, 7) is 4.91. The van der Waals surface area contributed by atoms with Crippen molar-refractivity contribution in [1.29, 1.82) is 0 Å². The number of sulfonamides is 1. The zero-order valence-electron chi connectivity index (χ0n) is 12.2. The van der Waals surface area contributed by atoms with Crippen LogP contribution in [0.25, 0.3) is 0 Å². The molecule has 9 heteroatoms. The average molecular weight is 318 g/mol. The molecule has 0 saturated carbocycles. The van der Waals surface area contributed by atoms with Crippen molar-refractivity contribution in [2.75, 3.05) is 13.6 Å². The fourth-order valence-electron chi connectivity index (χ4n) is 1.47. The predicted octanol–water partition coefficient (Wildman–Crippen LogP) is 0.513. The SMILES string of the molecule is CN(CC(=O)NC(C)(C)C)S(=O)(=O)c1ccc(C(=O)O)o1. The monoisotopic (exact) mass is 318 g/mol. The van der Waals surface area contributed by atoms with Crippen LogP contribution in [0.2, 0.25) is 0 Å². The van der Waals surface area contributed by atoms with Crippen molar-refractivity contribution >= 4 is 21.9 Å². The molecule has 2 N–H and O–H groups in total. The molecule has 1 heterocycles. The van der Waals surface area contributed by atoms with E-state index in [4.69, 9.17) is 9.52 Å². The Bertz CT molecular complexity index is 641. The maximum atomic E-state index is 12.1. The molecule has 1 amide bonds. The Morgan fingerprint density at radius 2 is 1.90 bits per heavy atom. The number of carboxylic acid groups (broad SMARTS) is 1. The van der Waals surface area contributed by atoms with Gasteiger partial charge in [0.15, 0.2) is 0 Å². The van der Waals surface area contributed by atoms with Gasteiger partial charge >= 0.3 is 5.97 Å². The summed E-state index contributed by atoms with van der Waals surface area (Å²) in [5.74, 6) is -2.33. The van der Waals surface area contributed by atoms with E-state index in [0.29, 0.717) is 0 Å². The van der Waals surface area contributed by atoms with E-state index in [1.54, 1.807) is 20.8 Å². The minimum atomic E-state index is -4.06. The smallest absolute Gasteiger partial charge is 0.371 e. The van der Waals surface area contributed by atoms with Crippen LogP contribution in [0.4, 0.5) is 0 Å². The van der Waals surface area contributed by atoms with E-state index in [1.165, 1.54) is 7.05 Å². The minimum absolute atomic E-state index is 0.400. The van der Waals surface area contributed by atoms with E-state index in [1.807, 2.05) is 0 Å². The number of rotatable bonds is 5. The number of likely N-dealkylation sites (N-methyl/N-ethyl adjacent to an activating group) is 1. The Balaban J connectivity index is 2.86. The first-order chi connectivity index (χ1) is 9.43. The van der Waals surface area contributed by atoms with E-state index < -0.39 is 44.8 Å². The fraction of sp³-hybridized carbons (Fsp3) is 0.500. The molecule has 0 fully saturated rings. The van der Waals surface area contributed by atoms with Gasteiger partial charge in [0.2, 0.25) is 16.8 Å². The largest absolute Gasteiger partial charge is 0.475 e. The third-order valence-corrected chi connectivity index (χ3v) is 4.01. The van der Waals surface area contributed by atoms with Crippen molar-refractivity contribution in [3.05, 3.63) is 17.9 Å². The summed E-state index contributed by atoms with van der Waals surface area (Å²) in [5.41, 5.74) is -0.483. The second-order valence-corrected chi connectivity index (χ2v) is 7.46. The first kappa shape index (κ1) is 17.2. The Morgan fingerprint density at radius 3 is 2.33 bits per heavy atom. The second kappa shape index (κ2) is 5.86. The molecule has 0 atom stereocenters. The number of carbonyl (C=O) groups is 2. The summed E-state index contributed by atoms with van der Waals surface area (Å²) < 4.78 is 29.8. The molecule has 0 unspecified atom stereocenters. The van der Waals surface area contributed by atoms with Crippen molar-refractivity contribution < 1.29 is 27.5 Å². The Labute approximate surface area is 122 Å². The van der Waals surface area contributed by atoms with Gasteiger partial charge in [-0.3, -0.25) is 4.79 Å². The molecule has 0 bridgehead atoms. The van der Waals surface area contributed by atoms with E-state index >= 15 is 0 Å². The molecule has 0 aromatic carbocycles. The van der Waals surface area contributed by atoms with Crippen molar-refractivity contribution in [2.45, 2.75) is 31.4 Å². The predicted molar refractivity (Wildman–Crippen MR) is 73.4 cm³/mol. The van der Waals surface area contributed by atoms with Crippen LogP contribution in [-0.2, 0) is 14.8 Å². The van der Waals surface area contributed by atoms with Crippen LogP contribution in [0.3, 0.4) is 0 Å². The van der Waals surface area contributed by atoms with Gasteiger partial charge < -0.3 is 14.8 Å². The summed E-state index contributed by atoms with van der Waals surface area (Å²) in [6.07, 6.45) is 0. The molecule has 0 spiro atoms. The maximum Gasteiger partial charge on any atom is 0.371 e. The van der Waals surface area contributed by atoms with Crippen LogP contribution in [0.1, 0.15) is 31.3 Å². The average Bonchev–Trinajstić information content (AvgIpc) is 2.75. The lowest BCUT2D eigenvalue weighted by Crippen LogP contribution is -2.46. The van der Waals surface area contributed by atoms with Gasteiger partial charge in [-0.05, 0) is 32.9 Å². The van der Waals surface area contributed by atoms with Crippen LogP contribution in [0.5, 0.6) is 0 Å². The van der Waals surface area contributed by atoms with Gasteiger partial charge in [-0.2, -0.15) is 4.31 Å². The molecule has 0 aliphatic heterocycles. The molecule has 0 aliphatic rings. The second-order valence-electron chi connectivity index (χ2n) is 5.48. The summed E-state index contributed by atoms with van der Waals surface area (Å²) >= 11 is 0. The third kappa shape index (κ3) is 4.57.